The Labute approximate surface area is 93.7 Å². The van der Waals surface area contributed by atoms with E-state index in [1.807, 2.05) is 26.0 Å². The Morgan fingerprint density at radius 2 is 2.20 bits per heavy atom. The number of hydrogen-bond donors (Lipinski definition) is 1. The monoisotopic (exact) mass is 221 g/mol. The summed E-state index contributed by atoms with van der Waals surface area (Å²) in [6.07, 6.45) is 0.265. The molecule has 0 aliphatic heterocycles. The van der Waals surface area contributed by atoms with Gasteiger partial charge in [-0.25, -0.2) is 0 Å². The second kappa shape index (κ2) is 4.21. The minimum Gasteiger partial charge on any atom is -0.399 e. The lowest BCUT2D eigenvalue weighted by molar-refractivity contribution is 0.0666. The highest BCUT2D eigenvalue weighted by molar-refractivity contribution is 7.17. The molecular weight excluding hydrogens is 206 g/mol. The van der Waals surface area contributed by atoms with E-state index in [0.29, 0.717) is 6.61 Å². The maximum Gasteiger partial charge on any atom is 0.0734 e. The summed E-state index contributed by atoms with van der Waals surface area (Å²) in [4.78, 5) is 0. The van der Waals surface area contributed by atoms with Gasteiger partial charge >= 0.3 is 0 Å². The zero-order chi connectivity index (χ0) is 10.8. The van der Waals surface area contributed by atoms with Gasteiger partial charge in [-0.2, -0.15) is 0 Å². The molecule has 1 aromatic carbocycles. The zero-order valence-electron chi connectivity index (χ0n) is 8.99. The molecule has 2 aromatic rings. The Hall–Kier alpha value is -1.06. The van der Waals surface area contributed by atoms with Gasteiger partial charge in [0.15, 0.2) is 0 Å². The normalized spacial score (nSPS) is 11.4. The average Bonchev–Trinajstić information content (AvgIpc) is 2.57. The molecule has 15 heavy (non-hydrogen) atoms. The third-order valence-corrected chi connectivity index (χ3v) is 3.26. The van der Waals surface area contributed by atoms with Crippen molar-refractivity contribution in [3.63, 3.8) is 0 Å². The summed E-state index contributed by atoms with van der Waals surface area (Å²) in [6.45, 7) is 4.76. The topological polar surface area (TPSA) is 35.2 Å². The number of thiophene rings is 1. The quantitative estimate of drug-likeness (QED) is 0.806. The molecule has 1 aromatic heterocycles. The van der Waals surface area contributed by atoms with E-state index in [1.54, 1.807) is 11.3 Å². The highest BCUT2D eigenvalue weighted by Gasteiger charge is 2.05. The van der Waals surface area contributed by atoms with Gasteiger partial charge in [-0.3, -0.25) is 0 Å². The van der Waals surface area contributed by atoms with E-state index in [1.165, 1.54) is 15.6 Å². The molecule has 0 amide bonds. The van der Waals surface area contributed by atoms with Crippen molar-refractivity contribution in [1.82, 2.24) is 0 Å². The van der Waals surface area contributed by atoms with E-state index in [4.69, 9.17) is 10.5 Å². The molecule has 0 atom stereocenters. The molecule has 0 radical (unpaired) electrons. The Morgan fingerprint density at radius 3 is 2.93 bits per heavy atom. The van der Waals surface area contributed by atoms with Crippen LogP contribution in [0.1, 0.15) is 19.4 Å². The summed E-state index contributed by atoms with van der Waals surface area (Å²) < 4.78 is 6.87. The summed E-state index contributed by atoms with van der Waals surface area (Å²) in [5, 5.41) is 3.37. The minimum absolute atomic E-state index is 0.265. The van der Waals surface area contributed by atoms with Gasteiger partial charge in [0.05, 0.1) is 12.7 Å². The number of anilines is 1. The maximum absolute atomic E-state index is 5.77. The van der Waals surface area contributed by atoms with Crippen LogP contribution in [0, 0.1) is 0 Å². The van der Waals surface area contributed by atoms with Gasteiger partial charge in [0.1, 0.15) is 0 Å². The molecule has 0 spiro atoms. The third-order valence-electron chi connectivity index (χ3n) is 2.25. The van der Waals surface area contributed by atoms with E-state index in [0.717, 1.165) is 5.69 Å². The zero-order valence-corrected chi connectivity index (χ0v) is 9.80. The predicted molar refractivity (Wildman–Crippen MR) is 66.2 cm³/mol. The van der Waals surface area contributed by atoms with Gasteiger partial charge in [-0.15, -0.1) is 11.3 Å². The van der Waals surface area contributed by atoms with Crippen LogP contribution in [-0.4, -0.2) is 6.10 Å². The van der Waals surface area contributed by atoms with E-state index >= 15 is 0 Å². The Morgan fingerprint density at radius 1 is 1.40 bits per heavy atom. The fraction of sp³-hybridized carbons (Fsp3) is 0.333. The number of ether oxygens (including phenoxy) is 1. The fourth-order valence-corrected chi connectivity index (χ4v) is 2.40. The molecule has 0 unspecified atom stereocenters. The molecule has 0 aliphatic rings. The number of nitrogen functional groups attached to an aromatic ring is 1. The van der Waals surface area contributed by atoms with Crippen molar-refractivity contribution in [3.05, 3.63) is 29.1 Å². The summed E-state index contributed by atoms with van der Waals surface area (Å²) in [7, 11) is 0. The second-order valence-electron chi connectivity index (χ2n) is 3.88. The molecule has 2 nitrogen and oxygen atoms in total. The molecule has 2 rings (SSSR count). The molecule has 2 N–H and O–H groups in total. The highest BCUT2D eigenvalue weighted by Crippen LogP contribution is 2.28. The Balaban J connectivity index is 2.31. The van der Waals surface area contributed by atoms with Crippen LogP contribution in [0.25, 0.3) is 10.1 Å². The first-order valence-corrected chi connectivity index (χ1v) is 5.92. The number of benzene rings is 1. The summed E-state index contributed by atoms with van der Waals surface area (Å²) >= 11 is 1.74. The van der Waals surface area contributed by atoms with Crippen LogP contribution >= 0.6 is 11.3 Å². The first-order valence-electron chi connectivity index (χ1n) is 5.04. The van der Waals surface area contributed by atoms with E-state index in [9.17, 15) is 0 Å². The van der Waals surface area contributed by atoms with Crippen molar-refractivity contribution in [2.24, 2.45) is 0 Å². The van der Waals surface area contributed by atoms with Crippen molar-refractivity contribution in [3.8, 4) is 0 Å². The van der Waals surface area contributed by atoms with Crippen LogP contribution in [0.15, 0.2) is 23.6 Å². The van der Waals surface area contributed by atoms with Gasteiger partial charge in [-0.1, -0.05) is 0 Å². The van der Waals surface area contributed by atoms with Crippen molar-refractivity contribution < 1.29 is 4.74 Å². The van der Waals surface area contributed by atoms with Crippen molar-refractivity contribution >= 4 is 27.1 Å². The minimum atomic E-state index is 0.265. The molecule has 0 bridgehead atoms. The molecule has 0 fully saturated rings. The molecule has 0 saturated carbocycles. The van der Waals surface area contributed by atoms with Crippen molar-refractivity contribution in [2.75, 3.05) is 5.73 Å². The first-order chi connectivity index (χ1) is 7.16. The standard InChI is InChI=1S/C12H15NOS/c1-8(2)14-6-9-7-15-12-4-3-10(13)5-11(9)12/h3-5,7-8H,6,13H2,1-2H3. The lowest BCUT2D eigenvalue weighted by Crippen LogP contribution is -2.01. The Bertz CT molecular complexity index is 462. The van der Waals surface area contributed by atoms with Gasteiger partial charge in [0.2, 0.25) is 0 Å². The summed E-state index contributed by atoms with van der Waals surface area (Å²) in [5.74, 6) is 0. The predicted octanol–water partition coefficient (Wildman–Crippen LogP) is 3.41. The van der Waals surface area contributed by atoms with Crippen LogP contribution in [0.5, 0.6) is 0 Å². The van der Waals surface area contributed by atoms with Gasteiger partial charge < -0.3 is 10.5 Å². The fourth-order valence-electron chi connectivity index (χ4n) is 1.47. The number of nitrogens with two attached hydrogens (primary N) is 1. The van der Waals surface area contributed by atoms with E-state index < -0.39 is 0 Å². The lowest BCUT2D eigenvalue weighted by Gasteiger charge is -2.06. The van der Waals surface area contributed by atoms with Crippen LogP contribution in [0.3, 0.4) is 0 Å². The number of rotatable bonds is 3. The van der Waals surface area contributed by atoms with E-state index in [2.05, 4.69) is 11.4 Å². The average molecular weight is 221 g/mol. The maximum atomic E-state index is 5.77. The Kier molecular flexibility index (Phi) is 2.93. The van der Waals surface area contributed by atoms with Gasteiger partial charge in [0.25, 0.3) is 0 Å². The lowest BCUT2D eigenvalue weighted by atomic mass is 10.2. The number of hydrogen-bond acceptors (Lipinski definition) is 3. The number of fused-ring (bicyclic) bond motifs is 1. The molecular formula is C12H15NOS. The summed E-state index contributed by atoms with van der Waals surface area (Å²) in [6, 6.07) is 6.02. The highest BCUT2D eigenvalue weighted by atomic mass is 32.1. The molecule has 0 aliphatic carbocycles. The SMILES string of the molecule is CC(C)OCc1csc2ccc(N)cc12. The van der Waals surface area contributed by atoms with Crippen molar-refractivity contribution in [2.45, 2.75) is 26.6 Å². The molecule has 3 heteroatoms. The van der Waals surface area contributed by atoms with Crippen LogP contribution in [0.2, 0.25) is 0 Å². The van der Waals surface area contributed by atoms with Gasteiger partial charge in [-0.05, 0) is 48.4 Å². The van der Waals surface area contributed by atoms with Crippen molar-refractivity contribution in [1.29, 1.82) is 0 Å². The van der Waals surface area contributed by atoms with E-state index in [-0.39, 0.29) is 6.10 Å². The van der Waals surface area contributed by atoms with Gasteiger partial charge in [0, 0.05) is 10.4 Å². The molecule has 1 heterocycles. The third kappa shape index (κ3) is 2.30. The summed E-state index contributed by atoms with van der Waals surface area (Å²) in [5.41, 5.74) is 7.82. The largest absolute Gasteiger partial charge is 0.399 e. The molecule has 80 valence electrons. The first kappa shape index (κ1) is 10.5. The molecule has 0 saturated heterocycles. The smallest absolute Gasteiger partial charge is 0.0734 e. The van der Waals surface area contributed by atoms with Crippen LogP contribution in [-0.2, 0) is 11.3 Å². The van der Waals surface area contributed by atoms with Crippen LogP contribution < -0.4 is 5.73 Å². The van der Waals surface area contributed by atoms with Crippen LogP contribution in [0.4, 0.5) is 5.69 Å². The second-order valence-corrected chi connectivity index (χ2v) is 4.79.